The number of hydrogen-bond acceptors (Lipinski definition) is 3. The van der Waals surface area contributed by atoms with E-state index in [0.717, 1.165) is 5.69 Å². The lowest BCUT2D eigenvalue weighted by Gasteiger charge is -2.23. The highest BCUT2D eigenvalue weighted by atomic mass is 35.5. The number of anilines is 1. The van der Waals surface area contributed by atoms with Gasteiger partial charge in [0.05, 0.1) is 28.9 Å². The van der Waals surface area contributed by atoms with Crippen LogP contribution >= 0.6 is 11.6 Å². The van der Waals surface area contributed by atoms with Crippen LogP contribution in [-0.2, 0) is 4.79 Å². The van der Waals surface area contributed by atoms with E-state index in [1.165, 1.54) is 0 Å². The smallest absolute Gasteiger partial charge is 0.239 e. The van der Waals surface area contributed by atoms with E-state index >= 15 is 0 Å². The number of likely N-dealkylation sites (N-methyl/N-ethyl adjacent to an activating group) is 2. The number of amides is 1. The maximum Gasteiger partial charge on any atom is 0.239 e. The summed E-state index contributed by atoms with van der Waals surface area (Å²) in [5, 5.41) is 12.0. The number of benzene rings is 1. The molecule has 0 aliphatic carbocycles. The minimum Gasteiger partial charge on any atom is -0.361 e. The van der Waals surface area contributed by atoms with E-state index in [2.05, 4.69) is 5.32 Å². The summed E-state index contributed by atoms with van der Waals surface area (Å²) < 4.78 is 0. The molecule has 0 aliphatic rings. The average Bonchev–Trinajstić information content (AvgIpc) is 2.36. The highest BCUT2D eigenvalue weighted by Crippen LogP contribution is 2.26. The first kappa shape index (κ1) is 14.3. The molecule has 0 saturated carbocycles. The molecule has 0 aliphatic heterocycles. The van der Waals surface area contributed by atoms with Crippen molar-refractivity contribution >= 4 is 23.2 Å². The van der Waals surface area contributed by atoms with E-state index in [9.17, 15) is 4.79 Å². The van der Waals surface area contributed by atoms with Crippen molar-refractivity contribution in [3.8, 4) is 6.07 Å². The van der Waals surface area contributed by atoms with Crippen molar-refractivity contribution in [1.29, 1.82) is 5.26 Å². The molecule has 0 atom stereocenters. The van der Waals surface area contributed by atoms with Crippen molar-refractivity contribution in [2.45, 2.75) is 13.8 Å². The predicted octanol–water partition coefficient (Wildman–Crippen LogP) is 2.17. The number of nitrogens with one attached hydrogen (secondary N) is 1. The SMILES string of the molecule is CCNC(=O)CN(CC)c1ccc(C#N)cc1Cl. The maximum atomic E-state index is 11.6. The van der Waals surface area contributed by atoms with E-state index in [0.29, 0.717) is 23.7 Å². The number of carbonyl (C=O) groups excluding carboxylic acids is 1. The molecule has 0 aromatic heterocycles. The lowest BCUT2D eigenvalue weighted by molar-refractivity contribution is -0.119. The lowest BCUT2D eigenvalue weighted by Crippen LogP contribution is -2.37. The monoisotopic (exact) mass is 265 g/mol. The lowest BCUT2D eigenvalue weighted by atomic mass is 10.2. The third kappa shape index (κ3) is 3.64. The fourth-order valence-electron chi connectivity index (χ4n) is 1.63. The number of nitrogens with zero attached hydrogens (tertiary/aromatic N) is 2. The number of halogens is 1. The third-order valence-electron chi connectivity index (χ3n) is 2.51. The fourth-order valence-corrected chi connectivity index (χ4v) is 1.93. The molecule has 5 heteroatoms. The molecule has 1 N–H and O–H groups in total. The van der Waals surface area contributed by atoms with Crippen LogP contribution in [0, 0.1) is 11.3 Å². The minimum absolute atomic E-state index is 0.0419. The number of rotatable bonds is 5. The molecule has 4 nitrogen and oxygen atoms in total. The summed E-state index contributed by atoms with van der Waals surface area (Å²) in [7, 11) is 0. The third-order valence-corrected chi connectivity index (χ3v) is 2.81. The summed E-state index contributed by atoms with van der Waals surface area (Å²) in [5.41, 5.74) is 1.28. The molecule has 1 rings (SSSR count). The van der Waals surface area contributed by atoms with Crippen LogP contribution in [0.4, 0.5) is 5.69 Å². The van der Waals surface area contributed by atoms with Crippen LogP contribution in [0.5, 0.6) is 0 Å². The molecule has 0 saturated heterocycles. The van der Waals surface area contributed by atoms with E-state index in [-0.39, 0.29) is 12.5 Å². The standard InChI is InChI=1S/C13H16ClN3O/c1-3-16-13(18)9-17(4-2)12-6-5-10(8-15)7-11(12)14/h5-7H,3-4,9H2,1-2H3,(H,16,18). The summed E-state index contributed by atoms with van der Waals surface area (Å²) in [6.45, 7) is 5.37. The minimum atomic E-state index is -0.0419. The van der Waals surface area contributed by atoms with Gasteiger partial charge in [-0.25, -0.2) is 0 Å². The number of carbonyl (C=O) groups is 1. The van der Waals surface area contributed by atoms with Crippen molar-refractivity contribution < 1.29 is 4.79 Å². The van der Waals surface area contributed by atoms with Crippen LogP contribution in [0.3, 0.4) is 0 Å². The van der Waals surface area contributed by atoms with Crippen LogP contribution in [0.1, 0.15) is 19.4 Å². The molecule has 18 heavy (non-hydrogen) atoms. The van der Waals surface area contributed by atoms with Crippen molar-refractivity contribution in [3.05, 3.63) is 28.8 Å². The largest absolute Gasteiger partial charge is 0.361 e. The van der Waals surface area contributed by atoms with Gasteiger partial charge in [0.15, 0.2) is 0 Å². The van der Waals surface area contributed by atoms with Gasteiger partial charge < -0.3 is 10.2 Å². The maximum absolute atomic E-state index is 11.6. The van der Waals surface area contributed by atoms with Crippen molar-refractivity contribution in [2.75, 3.05) is 24.5 Å². The Labute approximate surface area is 112 Å². The molecule has 1 amide bonds. The Kier molecular flexibility index (Phi) is 5.47. The Morgan fingerprint density at radius 3 is 2.72 bits per heavy atom. The van der Waals surface area contributed by atoms with Gasteiger partial charge in [0.2, 0.25) is 5.91 Å². The van der Waals surface area contributed by atoms with Crippen LogP contribution in [0.15, 0.2) is 18.2 Å². The molecule has 0 fully saturated rings. The van der Waals surface area contributed by atoms with E-state index in [1.54, 1.807) is 18.2 Å². The predicted molar refractivity (Wildman–Crippen MR) is 72.7 cm³/mol. The van der Waals surface area contributed by atoms with Gasteiger partial charge in [-0.3, -0.25) is 4.79 Å². The van der Waals surface area contributed by atoms with Crippen LogP contribution in [0.25, 0.3) is 0 Å². The molecule has 0 spiro atoms. The van der Waals surface area contributed by atoms with Gasteiger partial charge in [-0.15, -0.1) is 0 Å². The molecule has 1 aromatic rings. The quantitative estimate of drug-likeness (QED) is 0.888. The molecule has 0 radical (unpaired) electrons. The Bertz CT molecular complexity index is 468. The highest BCUT2D eigenvalue weighted by molar-refractivity contribution is 6.33. The Morgan fingerprint density at radius 1 is 1.50 bits per heavy atom. The summed E-state index contributed by atoms with van der Waals surface area (Å²) in [4.78, 5) is 13.4. The van der Waals surface area contributed by atoms with Crippen LogP contribution in [-0.4, -0.2) is 25.5 Å². The highest BCUT2D eigenvalue weighted by Gasteiger charge is 2.12. The van der Waals surface area contributed by atoms with Gasteiger partial charge in [-0.05, 0) is 32.0 Å². The first-order chi connectivity index (χ1) is 8.62. The Morgan fingerprint density at radius 2 is 2.22 bits per heavy atom. The molecular formula is C13H16ClN3O. The molecule has 96 valence electrons. The molecule has 0 heterocycles. The zero-order valence-electron chi connectivity index (χ0n) is 10.5. The first-order valence-corrected chi connectivity index (χ1v) is 6.21. The number of hydrogen-bond donors (Lipinski definition) is 1. The summed E-state index contributed by atoms with van der Waals surface area (Å²) >= 11 is 6.12. The second kappa shape index (κ2) is 6.87. The van der Waals surface area contributed by atoms with Crippen LogP contribution in [0.2, 0.25) is 5.02 Å². The zero-order chi connectivity index (χ0) is 13.5. The fraction of sp³-hybridized carbons (Fsp3) is 0.385. The van der Waals surface area contributed by atoms with Crippen molar-refractivity contribution in [2.24, 2.45) is 0 Å². The van der Waals surface area contributed by atoms with Crippen molar-refractivity contribution in [1.82, 2.24) is 5.32 Å². The van der Waals surface area contributed by atoms with Gasteiger partial charge >= 0.3 is 0 Å². The van der Waals surface area contributed by atoms with Gasteiger partial charge in [0.25, 0.3) is 0 Å². The van der Waals surface area contributed by atoms with Gasteiger partial charge in [0.1, 0.15) is 0 Å². The summed E-state index contributed by atoms with van der Waals surface area (Å²) in [6, 6.07) is 7.10. The summed E-state index contributed by atoms with van der Waals surface area (Å²) in [6.07, 6.45) is 0. The second-order valence-corrected chi connectivity index (χ2v) is 4.15. The van der Waals surface area contributed by atoms with Gasteiger partial charge in [-0.2, -0.15) is 5.26 Å². The average molecular weight is 266 g/mol. The van der Waals surface area contributed by atoms with Crippen molar-refractivity contribution in [3.63, 3.8) is 0 Å². The molecular weight excluding hydrogens is 250 g/mol. The Balaban J connectivity index is 2.89. The summed E-state index contributed by atoms with van der Waals surface area (Å²) in [5.74, 6) is -0.0419. The topological polar surface area (TPSA) is 56.1 Å². The zero-order valence-corrected chi connectivity index (χ0v) is 11.3. The number of nitriles is 1. The van der Waals surface area contributed by atoms with Gasteiger partial charge in [0, 0.05) is 13.1 Å². The molecule has 0 bridgehead atoms. The first-order valence-electron chi connectivity index (χ1n) is 5.83. The molecule has 0 unspecified atom stereocenters. The van der Waals surface area contributed by atoms with Crippen LogP contribution < -0.4 is 10.2 Å². The van der Waals surface area contributed by atoms with E-state index in [1.807, 2.05) is 24.8 Å². The van der Waals surface area contributed by atoms with E-state index in [4.69, 9.17) is 16.9 Å². The van der Waals surface area contributed by atoms with Gasteiger partial charge in [-0.1, -0.05) is 11.6 Å². The second-order valence-electron chi connectivity index (χ2n) is 3.75. The normalized spacial score (nSPS) is 9.67. The molecule has 1 aromatic carbocycles. The Hall–Kier alpha value is -1.73. The van der Waals surface area contributed by atoms with E-state index < -0.39 is 0 Å².